The molecular weight excluding hydrogens is 197 g/mol. The molecule has 3 heteroatoms. The molecule has 0 saturated carbocycles. The van der Waals surface area contributed by atoms with E-state index < -0.39 is 0 Å². The van der Waals surface area contributed by atoms with Crippen LogP contribution in [0.15, 0.2) is 41.3 Å². The van der Waals surface area contributed by atoms with Crippen LogP contribution in [0.1, 0.15) is 0 Å². The lowest BCUT2D eigenvalue weighted by atomic mass is 10.3. The molecular formula is C11H14FNS. The molecule has 0 amide bonds. The van der Waals surface area contributed by atoms with E-state index in [2.05, 4.69) is 11.9 Å². The molecule has 1 aromatic carbocycles. The van der Waals surface area contributed by atoms with Crippen LogP contribution < -0.4 is 5.32 Å². The molecule has 0 heterocycles. The average molecular weight is 211 g/mol. The van der Waals surface area contributed by atoms with Gasteiger partial charge in [-0.05, 0) is 25.2 Å². The Bertz CT molecular complexity index is 312. The molecule has 0 spiro atoms. The molecule has 1 rings (SSSR count). The lowest BCUT2D eigenvalue weighted by Crippen LogP contribution is -2.10. The van der Waals surface area contributed by atoms with Crippen molar-refractivity contribution in [1.29, 1.82) is 0 Å². The molecule has 0 atom stereocenters. The maximum Gasteiger partial charge on any atom is 0.124 e. The number of hydrogen-bond donors (Lipinski definition) is 1. The second-order valence-corrected chi connectivity index (χ2v) is 4.08. The number of likely N-dealkylation sites (N-methyl/N-ethyl adjacent to an activating group) is 1. The number of benzene rings is 1. The maximum atomic E-state index is 12.8. The fraction of sp³-hybridized carbons (Fsp3) is 0.273. The minimum Gasteiger partial charge on any atom is -0.316 e. The first kappa shape index (κ1) is 11.3. The van der Waals surface area contributed by atoms with Gasteiger partial charge in [0.05, 0.1) is 0 Å². The molecule has 0 aliphatic carbocycles. The Morgan fingerprint density at radius 1 is 1.57 bits per heavy atom. The highest BCUT2D eigenvalue weighted by Gasteiger charge is 1.97. The van der Waals surface area contributed by atoms with Gasteiger partial charge in [-0.3, -0.25) is 0 Å². The van der Waals surface area contributed by atoms with Gasteiger partial charge in [0.15, 0.2) is 0 Å². The first-order chi connectivity index (χ1) is 6.72. The molecule has 0 bridgehead atoms. The summed E-state index contributed by atoms with van der Waals surface area (Å²) in [7, 11) is 1.89. The Hall–Kier alpha value is -0.800. The third-order valence-corrected chi connectivity index (χ3v) is 2.81. The van der Waals surface area contributed by atoms with Crippen molar-refractivity contribution in [3.8, 4) is 0 Å². The van der Waals surface area contributed by atoms with Gasteiger partial charge in [0, 0.05) is 17.2 Å². The smallest absolute Gasteiger partial charge is 0.124 e. The SMILES string of the molecule is C=C(CNC)CSc1cccc(F)c1. The van der Waals surface area contributed by atoms with Crippen LogP contribution in [0.25, 0.3) is 0 Å². The number of thioether (sulfide) groups is 1. The Morgan fingerprint density at radius 2 is 2.36 bits per heavy atom. The molecule has 14 heavy (non-hydrogen) atoms. The first-order valence-electron chi connectivity index (χ1n) is 4.42. The van der Waals surface area contributed by atoms with Crippen molar-refractivity contribution >= 4 is 11.8 Å². The predicted molar refractivity (Wildman–Crippen MR) is 60.2 cm³/mol. The lowest BCUT2D eigenvalue weighted by Gasteiger charge is -2.04. The van der Waals surface area contributed by atoms with Crippen molar-refractivity contribution < 1.29 is 4.39 Å². The lowest BCUT2D eigenvalue weighted by molar-refractivity contribution is 0.624. The summed E-state index contributed by atoms with van der Waals surface area (Å²) in [5, 5.41) is 3.03. The van der Waals surface area contributed by atoms with E-state index in [1.807, 2.05) is 13.1 Å². The molecule has 1 nitrogen and oxygen atoms in total. The standard InChI is InChI=1S/C11H14FNS/c1-9(7-13-2)8-14-11-5-3-4-10(12)6-11/h3-6,13H,1,7-8H2,2H3. The second-order valence-electron chi connectivity index (χ2n) is 3.03. The molecule has 0 unspecified atom stereocenters. The highest BCUT2D eigenvalue weighted by atomic mass is 32.2. The van der Waals surface area contributed by atoms with Crippen LogP contribution in [-0.4, -0.2) is 19.3 Å². The van der Waals surface area contributed by atoms with E-state index >= 15 is 0 Å². The Balaban J connectivity index is 2.41. The second kappa shape index (κ2) is 5.83. The molecule has 0 aliphatic heterocycles. The van der Waals surface area contributed by atoms with E-state index in [1.165, 1.54) is 12.1 Å². The third-order valence-electron chi connectivity index (χ3n) is 1.67. The maximum absolute atomic E-state index is 12.8. The summed E-state index contributed by atoms with van der Waals surface area (Å²) in [4.78, 5) is 0.947. The van der Waals surface area contributed by atoms with E-state index in [0.717, 1.165) is 22.8 Å². The zero-order chi connectivity index (χ0) is 10.4. The van der Waals surface area contributed by atoms with Gasteiger partial charge in [-0.1, -0.05) is 18.2 Å². The zero-order valence-corrected chi connectivity index (χ0v) is 9.03. The molecule has 1 N–H and O–H groups in total. The summed E-state index contributed by atoms with van der Waals surface area (Å²) in [5.74, 6) is 0.638. The Labute approximate surface area is 88.4 Å². The number of nitrogens with one attached hydrogen (secondary N) is 1. The molecule has 0 aliphatic rings. The third kappa shape index (κ3) is 3.94. The quantitative estimate of drug-likeness (QED) is 0.593. The molecule has 0 saturated heterocycles. The summed E-state index contributed by atoms with van der Waals surface area (Å²) in [5.41, 5.74) is 1.11. The van der Waals surface area contributed by atoms with Gasteiger partial charge in [0.1, 0.15) is 5.82 Å². The average Bonchev–Trinajstić information content (AvgIpc) is 2.15. The van der Waals surface area contributed by atoms with Crippen molar-refractivity contribution in [2.45, 2.75) is 4.90 Å². The van der Waals surface area contributed by atoms with Crippen LogP contribution >= 0.6 is 11.8 Å². The summed E-state index contributed by atoms with van der Waals surface area (Å²) in [6, 6.07) is 6.61. The minimum atomic E-state index is -0.186. The van der Waals surface area contributed by atoms with E-state index in [4.69, 9.17) is 0 Å². The van der Waals surface area contributed by atoms with E-state index in [-0.39, 0.29) is 5.82 Å². The molecule has 76 valence electrons. The van der Waals surface area contributed by atoms with Crippen molar-refractivity contribution in [1.82, 2.24) is 5.32 Å². The summed E-state index contributed by atoms with van der Waals surface area (Å²) in [6.07, 6.45) is 0. The molecule has 1 aromatic rings. The van der Waals surface area contributed by atoms with Crippen LogP contribution in [0, 0.1) is 5.82 Å². The highest BCUT2D eigenvalue weighted by molar-refractivity contribution is 7.99. The van der Waals surface area contributed by atoms with Crippen LogP contribution in [0.4, 0.5) is 4.39 Å². The number of halogens is 1. The van der Waals surface area contributed by atoms with Gasteiger partial charge in [-0.15, -0.1) is 11.8 Å². The van der Waals surface area contributed by atoms with E-state index in [9.17, 15) is 4.39 Å². The zero-order valence-electron chi connectivity index (χ0n) is 8.22. The fourth-order valence-corrected chi connectivity index (χ4v) is 1.89. The van der Waals surface area contributed by atoms with Gasteiger partial charge in [0.2, 0.25) is 0 Å². The Kier molecular flexibility index (Phi) is 4.70. The summed E-state index contributed by atoms with van der Waals surface area (Å²) in [6.45, 7) is 4.71. The number of rotatable bonds is 5. The van der Waals surface area contributed by atoms with Crippen molar-refractivity contribution in [3.63, 3.8) is 0 Å². The molecule has 0 fully saturated rings. The van der Waals surface area contributed by atoms with E-state index in [0.29, 0.717) is 0 Å². The topological polar surface area (TPSA) is 12.0 Å². The van der Waals surface area contributed by atoms with Gasteiger partial charge >= 0.3 is 0 Å². The van der Waals surface area contributed by atoms with Crippen molar-refractivity contribution in [3.05, 3.63) is 42.2 Å². The summed E-state index contributed by atoms with van der Waals surface area (Å²) >= 11 is 1.60. The fourth-order valence-electron chi connectivity index (χ4n) is 1.04. The van der Waals surface area contributed by atoms with Crippen LogP contribution in [0.5, 0.6) is 0 Å². The summed E-state index contributed by atoms with van der Waals surface area (Å²) < 4.78 is 12.8. The van der Waals surface area contributed by atoms with Gasteiger partial charge in [-0.25, -0.2) is 4.39 Å². The normalized spacial score (nSPS) is 10.1. The van der Waals surface area contributed by atoms with Crippen molar-refractivity contribution in [2.24, 2.45) is 0 Å². The van der Waals surface area contributed by atoms with Crippen LogP contribution in [0.2, 0.25) is 0 Å². The van der Waals surface area contributed by atoms with Crippen molar-refractivity contribution in [2.75, 3.05) is 19.3 Å². The number of hydrogen-bond acceptors (Lipinski definition) is 2. The van der Waals surface area contributed by atoms with E-state index in [1.54, 1.807) is 17.8 Å². The molecule has 0 aromatic heterocycles. The predicted octanol–water partition coefficient (Wildman–Crippen LogP) is 2.69. The molecule has 0 radical (unpaired) electrons. The van der Waals surface area contributed by atoms with Gasteiger partial charge in [-0.2, -0.15) is 0 Å². The Morgan fingerprint density at radius 3 is 3.00 bits per heavy atom. The minimum absolute atomic E-state index is 0.186. The van der Waals surface area contributed by atoms with Gasteiger partial charge in [0.25, 0.3) is 0 Å². The van der Waals surface area contributed by atoms with Gasteiger partial charge < -0.3 is 5.32 Å². The highest BCUT2D eigenvalue weighted by Crippen LogP contribution is 2.20. The first-order valence-corrected chi connectivity index (χ1v) is 5.40. The monoisotopic (exact) mass is 211 g/mol. The largest absolute Gasteiger partial charge is 0.316 e. The van der Waals surface area contributed by atoms with Crippen LogP contribution in [-0.2, 0) is 0 Å². The van der Waals surface area contributed by atoms with Crippen LogP contribution in [0.3, 0.4) is 0 Å².